The number of rotatable bonds is 4. The van der Waals surface area contributed by atoms with Crippen molar-refractivity contribution in [2.75, 3.05) is 6.61 Å². The molecule has 78 valence electrons. The summed E-state index contributed by atoms with van der Waals surface area (Å²) in [5.41, 5.74) is 0.00768. The quantitative estimate of drug-likeness (QED) is 0.757. The number of nitrogens with zero attached hydrogens (tertiary/aromatic N) is 1. The first kappa shape index (κ1) is 9.97. The van der Waals surface area contributed by atoms with E-state index in [-0.39, 0.29) is 5.56 Å². The Morgan fingerprint density at radius 1 is 1.47 bits per heavy atom. The minimum Gasteiger partial charge on any atom is -0.492 e. The van der Waals surface area contributed by atoms with Gasteiger partial charge in [0.1, 0.15) is 23.2 Å². The van der Waals surface area contributed by atoms with Crippen molar-refractivity contribution in [3.63, 3.8) is 0 Å². The molecule has 1 aliphatic carbocycles. The Bertz CT molecular complexity index is 393. The second-order valence-corrected chi connectivity index (χ2v) is 3.81. The monoisotopic (exact) mass is 205 g/mol. The molecular formula is C12H12FNO. The van der Waals surface area contributed by atoms with Crippen LogP contribution < -0.4 is 4.74 Å². The highest BCUT2D eigenvalue weighted by Crippen LogP contribution is 2.32. The SMILES string of the molecule is N#Cc1c(F)cccc1OCCC1CC1. The molecule has 1 aliphatic rings. The van der Waals surface area contributed by atoms with Crippen LogP contribution in [0.2, 0.25) is 0 Å². The van der Waals surface area contributed by atoms with Gasteiger partial charge < -0.3 is 4.74 Å². The van der Waals surface area contributed by atoms with Crippen molar-refractivity contribution >= 4 is 0 Å². The standard InChI is InChI=1S/C12H12FNO/c13-11-2-1-3-12(10(11)8-14)15-7-6-9-4-5-9/h1-3,9H,4-7H2. The zero-order valence-corrected chi connectivity index (χ0v) is 8.37. The van der Waals surface area contributed by atoms with Gasteiger partial charge in [0.25, 0.3) is 0 Å². The minimum absolute atomic E-state index is 0.00768. The van der Waals surface area contributed by atoms with Gasteiger partial charge in [0.15, 0.2) is 0 Å². The van der Waals surface area contributed by atoms with Crippen LogP contribution in [0.25, 0.3) is 0 Å². The van der Waals surface area contributed by atoms with E-state index in [9.17, 15) is 4.39 Å². The predicted molar refractivity (Wildman–Crippen MR) is 54.0 cm³/mol. The lowest BCUT2D eigenvalue weighted by atomic mass is 10.2. The lowest BCUT2D eigenvalue weighted by molar-refractivity contribution is 0.300. The highest BCUT2D eigenvalue weighted by molar-refractivity contribution is 5.43. The molecule has 0 aliphatic heterocycles. The highest BCUT2D eigenvalue weighted by atomic mass is 19.1. The first-order chi connectivity index (χ1) is 7.31. The molecule has 0 spiro atoms. The normalized spacial score (nSPS) is 14.7. The van der Waals surface area contributed by atoms with Crippen molar-refractivity contribution < 1.29 is 9.13 Å². The largest absolute Gasteiger partial charge is 0.492 e. The average Bonchev–Trinajstić information content (AvgIpc) is 3.02. The van der Waals surface area contributed by atoms with Gasteiger partial charge in [0.05, 0.1) is 6.61 Å². The molecule has 15 heavy (non-hydrogen) atoms. The van der Waals surface area contributed by atoms with Crippen molar-refractivity contribution in [1.29, 1.82) is 5.26 Å². The van der Waals surface area contributed by atoms with Gasteiger partial charge in [-0.25, -0.2) is 4.39 Å². The molecule has 0 atom stereocenters. The third-order valence-electron chi connectivity index (χ3n) is 2.57. The van der Waals surface area contributed by atoms with Crippen LogP contribution in [-0.2, 0) is 0 Å². The topological polar surface area (TPSA) is 33.0 Å². The molecule has 0 radical (unpaired) electrons. The van der Waals surface area contributed by atoms with E-state index in [4.69, 9.17) is 10.00 Å². The lowest BCUT2D eigenvalue weighted by Crippen LogP contribution is -2.00. The maximum atomic E-state index is 13.1. The molecule has 0 N–H and O–H groups in total. The highest BCUT2D eigenvalue weighted by Gasteiger charge is 2.21. The summed E-state index contributed by atoms with van der Waals surface area (Å²) in [7, 11) is 0. The van der Waals surface area contributed by atoms with Crippen LogP contribution in [0.3, 0.4) is 0 Å². The summed E-state index contributed by atoms with van der Waals surface area (Å²) in [5.74, 6) is 0.628. The zero-order chi connectivity index (χ0) is 10.7. The number of nitriles is 1. The Labute approximate surface area is 88.3 Å². The van der Waals surface area contributed by atoms with E-state index in [0.29, 0.717) is 12.4 Å². The zero-order valence-electron chi connectivity index (χ0n) is 8.37. The molecule has 1 fully saturated rings. The summed E-state index contributed by atoms with van der Waals surface area (Å²) in [5, 5.41) is 8.75. The minimum atomic E-state index is -0.513. The van der Waals surface area contributed by atoms with Gasteiger partial charge in [-0.3, -0.25) is 0 Å². The second kappa shape index (κ2) is 4.31. The summed E-state index contributed by atoms with van der Waals surface area (Å²) in [6, 6.07) is 6.28. The Hall–Kier alpha value is -1.56. The lowest BCUT2D eigenvalue weighted by Gasteiger charge is -2.07. The molecule has 1 saturated carbocycles. The maximum Gasteiger partial charge on any atom is 0.144 e. The third-order valence-corrected chi connectivity index (χ3v) is 2.57. The van der Waals surface area contributed by atoms with Gasteiger partial charge in [-0.05, 0) is 24.5 Å². The predicted octanol–water partition coefficient (Wildman–Crippen LogP) is 2.88. The number of ether oxygens (including phenoxy) is 1. The fourth-order valence-corrected chi connectivity index (χ4v) is 1.48. The summed E-state index contributed by atoms with van der Waals surface area (Å²) in [4.78, 5) is 0. The molecule has 1 aromatic rings. The molecule has 2 nitrogen and oxygen atoms in total. The Morgan fingerprint density at radius 2 is 2.27 bits per heavy atom. The summed E-state index contributed by atoms with van der Waals surface area (Å²) < 4.78 is 18.5. The second-order valence-electron chi connectivity index (χ2n) is 3.81. The van der Waals surface area contributed by atoms with Crippen LogP contribution in [0.5, 0.6) is 5.75 Å². The van der Waals surface area contributed by atoms with Gasteiger partial charge in [-0.2, -0.15) is 5.26 Å². The van der Waals surface area contributed by atoms with Crippen molar-refractivity contribution in [2.45, 2.75) is 19.3 Å². The van der Waals surface area contributed by atoms with Gasteiger partial charge in [-0.1, -0.05) is 18.9 Å². The van der Waals surface area contributed by atoms with Crippen molar-refractivity contribution in [3.8, 4) is 11.8 Å². The van der Waals surface area contributed by atoms with Gasteiger partial charge in [-0.15, -0.1) is 0 Å². The molecule has 2 rings (SSSR count). The van der Waals surface area contributed by atoms with Crippen LogP contribution >= 0.6 is 0 Å². The molecule has 0 amide bonds. The first-order valence-corrected chi connectivity index (χ1v) is 5.12. The van der Waals surface area contributed by atoms with E-state index in [1.54, 1.807) is 12.1 Å². The maximum absolute atomic E-state index is 13.1. The van der Waals surface area contributed by atoms with E-state index >= 15 is 0 Å². The Morgan fingerprint density at radius 3 is 2.93 bits per heavy atom. The molecule has 1 aromatic carbocycles. The molecular weight excluding hydrogens is 193 g/mol. The summed E-state index contributed by atoms with van der Waals surface area (Å²) in [6.45, 7) is 0.572. The number of halogens is 1. The molecule has 3 heteroatoms. The van der Waals surface area contributed by atoms with Crippen LogP contribution in [0.4, 0.5) is 4.39 Å². The van der Waals surface area contributed by atoms with E-state index in [0.717, 1.165) is 12.3 Å². The summed E-state index contributed by atoms with van der Waals surface area (Å²) in [6.07, 6.45) is 3.55. The fourth-order valence-electron chi connectivity index (χ4n) is 1.48. The number of benzene rings is 1. The van der Waals surface area contributed by atoms with E-state index in [1.807, 2.05) is 6.07 Å². The smallest absolute Gasteiger partial charge is 0.144 e. The van der Waals surface area contributed by atoms with Crippen molar-refractivity contribution in [3.05, 3.63) is 29.6 Å². The van der Waals surface area contributed by atoms with Crippen molar-refractivity contribution in [1.82, 2.24) is 0 Å². The molecule has 0 bridgehead atoms. The van der Waals surface area contributed by atoms with Crippen LogP contribution in [0.1, 0.15) is 24.8 Å². The Kier molecular flexibility index (Phi) is 2.86. The van der Waals surface area contributed by atoms with Crippen LogP contribution in [0.15, 0.2) is 18.2 Å². The number of hydrogen-bond donors (Lipinski definition) is 0. The average molecular weight is 205 g/mol. The van der Waals surface area contributed by atoms with E-state index in [1.165, 1.54) is 18.9 Å². The van der Waals surface area contributed by atoms with E-state index < -0.39 is 5.82 Å². The molecule has 0 aromatic heterocycles. The molecule has 0 unspecified atom stereocenters. The summed E-state index contributed by atoms with van der Waals surface area (Å²) >= 11 is 0. The van der Waals surface area contributed by atoms with Gasteiger partial charge in [0.2, 0.25) is 0 Å². The van der Waals surface area contributed by atoms with Crippen molar-refractivity contribution in [2.24, 2.45) is 5.92 Å². The first-order valence-electron chi connectivity index (χ1n) is 5.12. The van der Waals surface area contributed by atoms with Crippen LogP contribution in [0, 0.1) is 23.1 Å². The number of hydrogen-bond acceptors (Lipinski definition) is 2. The Balaban J connectivity index is 1.99. The fraction of sp³-hybridized carbons (Fsp3) is 0.417. The van der Waals surface area contributed by atoms with E-state index in [2.05, 4.69) is 0 Å². The third kappa shape index (κ3) is 2.47. The van der Waals surface area contributed by atoms with Gasteiger partial charge >= 0.3 is 0 Å². The van der Waals surface area contributed by atoms with Gasteiger partial charge in [0, 0.05) is 0 Å². The molecule has 0 heterocycles. The molecule has 0 saturated heterocycles. The van der Waals surface area contributed by atoms with Crippen LogP contribution in [-0.4, -0.2) is 6.61 Å².